The maximum Gasteiger partial charge on any atom is 0.0558 e. The topological polar surface area (TPSA) is 26.7 Å². The highest BCUT2D eigenvalue weighted by atomic mass is 16.3. The van der Waals surface area contributed by atoms with Gasteiger partial charge in [-0.3, -0.25) is 4.90 Å². The lowest BCUT2D eigenvalue weighted by molar-refractivity contribution is 0.108. The molecule has 1 heterocycles. The zero-order valence-electron chi connectivity index (χ0n) is 14.8. The van der Waals surface area contributed by atoms with Crippen LogP contribution in [-0.4, -0.2) is 60.8 Å². The molecule has 25 heavy (non-hydrogen) atoms. The van der Waals surface area contributed by atoms with E-state index in [0.29, 0.717) is 5.92 Å². The Labute approximate surface area is 150 Å². The van der Waals surface area contributed by atoms with Gasteiger partial charge in [0, 0.05) is 44.7 Å². The van der Waals surface area contributed by atoms with Gasteiger partial charge in [-0.2, -0.15) is 0 Å². The highest BCUT2D eigenvalue weighted by Gasteiger charge is 2.56. The summed E-state index contributed by atoms with van der Waals surface area (Å²) < 4.78 is 0. The molecule has 0 bridgehead atoms. The first-order chi connectivity index (χ1) is 12.3. The van der Waals surface area contributed by atoms with Gasteiger partial charge in [0.25, 0.3) is 0 Å². The molecule has 4 rings (SSSR count). The van der Waals surface area contributed by atoms with E-state index < -0.39 is 0 Å². The molecule has 1 atom stereocenters. The van der Waals surface area contributed by atoms with Gasteiger partial charge >= 0.3 is 0 Å². The average Bonchev–Trinajstić information content (AvgIpc) is 3.40. The Bertz CT molecular complexity index is 625. The Morgan fingerprint density at radius 3 is 1.84 bits per heavy atom. The van der Waals surface area contributed by atoms with E-state index in [1.807, 2.05) is 0 Å². The summed E-state index contributed by atoms with van der Waals surface area (Å²) in [4.78, 5) is 4.98. The second kappa shape index (κ2) is 7.28. The van der Waals surface area contributed by atoms with Crippen LogP contribution in [0.5, 0.6) is 0 Å². The van der Waals surface area contributed by atoms with Gasteiger partial charge in [0.2, 0.25) is 0 Å². The van der Waals surface area contributed by atoms with E-state index in [2.05, 4.69) is 70.5 Å². The van der Waals surface area contributed by atoms with E-state index in [9.17, 15) is 0 Å². The number of aliphatic hydroxyl groups is 1. The monoisotopic (exact) mass is 336 g/mol. The second-order valence-corrected chi connectivity index (χ2v) is 7.47. The molecule has 0 aromatic heterocycles. The van der Waals surface area contributed by atoms with Crippen LogP contribution in [0, 0.1) is 5.92 Å². The lowest BCUT2D eigenvalue weighted by Gasteiger charge is -2.35. The van der Waals surface area contributed by atoms with Crippen molar-refractivity contribution < 1.29 is 5.11 Å². The smallest absolute Gasteiger partial charge is 0.0558 e. The van der Waals surface area contributed by atoms with Crippen molar-refractivity contribution in [3.05, 3.63) is 71.8 Å². The number of benzene rings is 2. The van der Waals surface area contributed by atoms with Crippen molar-refractivity contribution in [3.63, 3.8) is 0 Å². The molecule has 3 heteroatoms. The molecule has 1 aliphatic carbocycles. The fraction of sp³-hybridized carbons (Fsp3) is 0.455. The van der Waals surface area contributed by atoms with Gasteiger partial charge in [-0.1, -0.05) is 60.7 Å². The SMILES string of the molecule is OCCN1CCN(C[C@@H]2CC2(c2ccccc2)c2ccccc2)CC1. The third-order valence-electron chi connectivity index (χ3n) is 6.04. The van der Waals surface area contributed by atoms with E-state index in [1.165, 1.54) is 24.1 Å². The number of rotatable bonds is 6. The molecule has 2 aromatic carbocycles. The van der Waals surface area contributed by atoms with Gasteiger partial charge in [0.15, 0.2) is 0 Å². The van der Waals surface area contributed by atoms with E-state index in [-0.39, 0.29) is 12.0 Å². The third kappa shape index (κ3) is 3.37. The van der Waals surface area contributed by atoms with Crippen LogP contribution in [0.15, 0.2) is 60.7 Å². The molecule has 1 saturated heterocycles. The van der Waals surface area contributed by atoms with Crippen molar-refractivity contribution in [3.8, 4) is 0 Å². The molecule has 132 valence electrons. The van der Waals surface area contributed by atoms with Gasteiger partial charge in [-0.05, 0) is 23.5 Å². The minimum absolute atomic E-state index is 0.199. The molecule has 0 spiro atoms. The van der Waals surface area contributed by atoms with Gasteiger partial charge in [0.1, 0.15) is 0 Å². The summed E-state index contributed by atoms with van der Waals surface area (Å²) in [5.41, 5.74) is 3.13. The van der Waals surface area contributed by atoms with Crippen LogP contribution in [0.2, 0.25) is 0 Å². The molecule has 0 unspecified atom stereocenters. The predicted molar refractivity (Wildman–Crippen MR) is 102 cm³/mol. The Morgan fingerprint density at radius 1 is 0.800 bits per heavy atom. The number of hydrogen-bond acceptors (Lipinski definition) is 3. The van der Waals surface area contributed by atoms with Gasteiger partial charge < -0.3 is 10.0 Å². The molecule has 2 aromatic rings. The maximum atomic E-state index is 9.11. The summed E-state index contributed by atoms with van der Waals surface area (Å²) in [5.74, 6) is 0.696. The van der Waals surface area contributed by atoms with Crippen LogP contribution in [0.25, 0.3) is 0 Å². The van der Waals surface area contributed by atoms with E-state index in [4.69, 9.17) is 5.11 Å². The molecule has 1 aliphatic heterocycles. The second-order valence-electron chi connectivity index (χ2n) is 7.47. The average molecular weight is 336 g/mol. The first kappa shape index (κ1) is 16.8. The lowest BCUT2D eigenvalue weighted by atomic mass is 9.85. The lowest BCUT2D eigenvalue weighted by Crippen LogP contribution is -2.47. The van der Waals surface area contributed by atoms with Crippen LogP contribution in [0.1, 0.15) is 17.5 Å². The van der Waals surface area contributed by atoms with Crippen LogP contribution in [0.3, 0.4) is 0 Å². The van der Waals surface area contributed by atoms with Crippen molar-refractivity contribution in [1.82, 2.24) is 9.80 Å². The molecule has 3 nitrogen and oxygen atoms in total. The summed E-state index contributed by atoms with van der Waals surface area (Å²) in [7, 11) is 0. The molecule has 2 fully saturated rings. The van der Waals surface area contributed by atoms with Crippen molar-refractivity contribution >= 4 is 0 Å². The van der Waals surface area contributed by atoms with Crippen molar-refractivity contribution in [2.75, 3.05) is 45.9 Å². The summed E-state index contributed by atoms with van der Waals surface area (Å²) in [6.07, 6.45) is 1.25. The third-order valence-corrected chi connectivity index (χ3v) is 6.04. The molecular weight excluding hydrogens is 308 g/mol. The number of aliphatic hydroxyl groups excluding tert-OH is 1. The van der Waals surface area contributed by atoms with Crippen LogP contribution < -0.4 is 0 Å². The fourth-order valence-corrected chi connectivity index (χ4v) is 4.54. The number of piperazine rings is 1. The maximum absolute atomic E-state index is 9.11. The summed E-state index contributed by atoms with van der Waals surface area (Å²) in [6.45, 7) is 6.67. The van der Waals surface area contributed by atoms with Crippen LogP contribution in [-0.2, 0) is 5.41 Å². The Hall–Kier alpha value is -1.68. The molecule has 1 saturated carbocycles. The molecule has 1 N–H and O–H groups in total. The first-order valence-electron chi connectivity index (χ1n) is 9.49. The minimum atomic E-state index is 0.199. The zero-order valence-corrected chi connectivity index (χ0v) is 14.8. The standard InChI is InChI=1S/C22H28N2O/c25-16-15-23-11-13-24(14-12-23)18-21-17-22(21,19-7-3-1-4-8-19)20-9-5-2-6-10-20/h1-10,21,25H,11-18H2/t21-/m0/s1. The molecule has 2 aliphatic rings. The Kier molecular flexibility index (Phi) is 4.89. The molecule has 0 amide bonds. The molecule has 0 radical (unpaired) electrons. The van der Waals surface area contributed by atoms with Gasteiger partial charge in [-0.25, -0.2) is 0 Å². The summed E-state index contributed by atoms with van der Waals surface area (Å²) >= 11 is 0. The Balaban J connectivity index is 1.48. The fourth-order valence-electron chi connectivity index (χ4n) is 4.54. The summed E-state index contributed by atoms with van der Waals surface area (Å²) in [6, 6.07) is 22.1. The summed E-state index contributed by atoms with van der Waals surface area (Å²) in [5, 5.41) is 9.11. The number of β-amino-alcohol motifs (C(OH)–C–C–N with tert-alkyl or cyclic N) is 1. The normalized spacial score (nSPS) is 23.5. The largest absolute Gasteiger partial charge is 0.395 e. The Morgan fingerprint density at radius 2 is 1.32 bits per heavy atom. The van der Waals surface area contributed by atoms with Crippen LogP contribution >= 0.6 is 0 Å². The molecular formula is C22H28N2O. The van der Waals surface area contributed by atoms with Gasteiger partial charge in [0.05, 0.1) is 6.61 Å². The minimum Gasteiger partial charge on any atom is -0.395 e. The zero-order chi connectivity index (χ0) is 17.1. The van der Waals surface area contributed by atoms with E-state index in [1.54, 1.807) is 0 Å². The van der Waals surface area contributed by atoms with E-state index in [0.717, 1.165) is 32.7 Å². The first-order valence-corrected chi connectivity index (χ1v) is 9.49. The van der Waals surface area contributed by atoms with Crippen molar-refractivity contribution in [2.45, 2.75) is 11.8 Å². The predicted octanol–water partition coefficient (Wildman–Crippen LogP) is 2.60. The van der Waals surface area contributed by atoms with Crippen LogP contribution in [0.4, 0.5) is 0 Å². The van der Waals surface area contributed by atoms with Crippen molar-refractivity contribution in [1.29, 1.82) is 0 Å². The quantitative estimate of drug-likeness (QED) is 0.878. The number of hydrogen-bond donors (Lipinski definition) is 1. The van der Waals surface area contributed by atoms with Crippen molar-refractivity contribution in [2.24, 2.45) is 5.92 Å². The highest BCUT2D eigenvalue weighted by molar-refractivity contribution is 5.47. The highest BCUT2D eigenvalue weighted by Crippen LogP contribution is 2.59. The van der Waals surface area contributed by atoms with Gasteiger partial charge in [-0.15, -0.1) is 0 Å². The number of nitrogens with zero attached hydrogens (tertiary/aromatic N) is 2. The van der Waals surface area contributed by atoms with E-state index >= 15 is 0 Å².